The van der Waals surface area contributed by atoms with E-state index in [0.717, 1.165) is 19.4 Å². The molecule has 1 saturated carbocycles. The predicted molar refractivity (Wildman–Crippen MR) is 65.1 cm³/mol. The molecule has 1 fully saturated rings. The molecule has 2 heteroatoms. The highest BCUT2D eigenvalue weighted by Crippen LogP contribution is 2.28. The van der Waals surface area contributed by atoms with Gasteiger partial charge in [-0.2, -0.15) is 0 Å². The lowest BCUT2D eigenvalue weighted by Gasteiger charge is -2.24. The van der Waals surface area contributed by atoms with Crippen LogP contribution in [0, 0.1) is 5.92 Å². The molecule has 0 unspecified atom stereocenters. The first kappa shape index (κ1) is 11.2. The fraction of sp³-hybridized carbons (Fsp3) is 0.500. The number of carbonyl (C=O) groups is 1. The predicted octanol–water partition coefficient (Wildman–Crippen LogP) is 2.54. The summed E-state index contributed by atoms with van der Waals surface area (Å²) in [6, 6.07) is 10.3. The fourth-order valence-electron chi connectivity index (χ4n) is 2.02. The van der Waals surface area contributed by atoms with E-state index in [4.69, 9.17) is 0 Å². The summed E-state index contributed by atoms with van der Waals surface area (Å²) in [5.74, 6) is 0.886. The maximum Gasteiger partial charge on any atom is 0.220 e. The van der Waals surface area contributed by atoms with Crippen LogP contribution in [-0.4, -0.2) is 12.5 Å². The highest BCUT2D eigenvalue weighted by Gasteiger charge is 2.20. The molecule has 2 rings (SSSR count). The van der Waals surface area contributed by atoms with Gasteiger partial charge in [-0.05, 0) is 30.7 Å². The van der Waals surface area contributed by atoms with Crippen molar-refractivity contribution in [2.75, 3.05) is 6.54 Å². The van der Waals surface area contributed by atoms with Crippen LogP contribution >= 0.6 is 0 Å². The molecule has 0 bridgehead atoms. The van der Waals surface area contributed by atoms with E-state index >= 15 is 0 Å². The zero-order valence-electron chi connectivity index (χ0n) is 9.61. The molecule has 0 aromatic heterocycles. The lowest BCUT2D eigenvalue weighted by molar-refractivity contribution is -0.122. The third-order valence-corrected chi connectivity index (χ3v) is 3.28. The number of hydrogen-bond donors (Lipinski definition) is 1. The van der Waals surface area contributed by atoms with E-state index < -0.39 is 0 Å². The Bertz CT molecular complexity index is 330. The molecule has 0 radical (unpaired) electrons. The molecule has 0 atom stereocenters. The molecule has 0 saturated heterocycles. The van der Waals surface area contributed by atoms with Crippen molar-refractivity contribution in [3.05, 3.63) is 35.9 Å². The molecule has 1 aliphatic rings. The molecule has 0 spiro atoms. The van der Waals surface area contributed by atoms with Crippen LogP contribution in [0.15, 0.2) is 30.3 Å². The number of hydrogen-bond acceptors (Lipinski definition) is 1. The smallest absolute Gasteiger partial charge is 0.220 e. The fourth-order valence-corrected chi connectivity index (χ4v) is 2.02. The number of nitrogens with one attached hydrogen (secondary N) is 1. The monoisotopic (exact) mass is 217 g/mol. The van der Waals surface area contributed by atoms with Gasteiger partial charge in [0, 0.05) is 13.0 Å². The topological polar surface area (TPSA) is 29.1 Å². The molecule has 1 aliphatic carbocycles. The first-order valence-corrected chi connectivity index (χ1v) is 6.15. The van der Waals surface area contributed by atoms with E-state index in [0.29, 0.717) is 5.92 Å². The Morgan fingerprint density at radius 2 is 2.00 bits per heavy atom. The maximum atomic E-state index is 11.5. The summed E-state index contributed by atoms with van der Waals surface area (Å²) < 4.78 is 0. The minimum atomic E-state index is 0.223. The Balaban J connectivity index is 1.62. The van der Waals surface area contributed by atoms with Crippen molar-refractivity contribution < 1.29 is 4.79 Å². The van der Waals surface area contributed by atoms with Gasteiger partial charge in [-0.25, -0.2) is 0 Å². The van der Waals surface area contributed by atoms with Crippen molar-refractivity contribution in [2.24, 2.45) is 5.92 Å². The van der Waals surface area contributed by atoms with Gasteiger partial charge in [0.1, 0.15) is 0 Å². The van der Waals surface area contributed by atoms with Gasteiger partial charge in [0.15, 0.2) is 0 Å². The van der Waals surface area contributed by atoms with Crippen LogP contribution in [0.25, 0.3) is 0 Å². The Morgan fingerprint density at radius 1 is 1.25 bits per heavy atom. The van der Waals surface area contributed by atoms with Gasteiger partial charge in [0.05, 0.1) is 0 Å². The van der Waals surface area contributed by atoms with E-state index in [9.17, 15) is 4.79 Å². The Hall–Kier alpha value is -1.31. The van der Waals surface area contributed by atoms with Gasteiger partial charge in [-0.3, -0.25) is 4.79 Å². The third-order valence-electron chi connectivity index (χ3n) is 3.28. The average Bonchev–Trinajstić information content (AvgIpc) is 2.25. The zero-order valence-corrected chi connectivity index (χ0v) is 9.61. The van der Waals surface area contributed by atoms with Crippen LogP contribution in [0.4, 0.5) is 0 Å². The molecule has 1 aromatic rings. The Morgan fingerprint density at radius 3 is 2.62 bits per heavy atom. The minimum Gasteiger partial charge on any atom is -0.356 e. The van der Waals surface area contributed by atoms with Crippen molar-refractivity contribution in [3.8, 4) is 0 Å². The van der Waals surface area contributed by atoms with Crippen molar-refractivity contribution in [3.63, 3.8) is 0 Å². The summed E-state index contributed by atoms with van der Waals surface area (Å²) in [7, 11) is 0. The minimum absolute atomic E-state index is 0.223. The van der Waals surface area contributed by atoms with E-state index in [-0.39, 0.29) is 5.91 Å². The number of benzene rings is 1. The van der Waals surface area contributed by atoms with E-state index in [1.165, 1.54) is 24.8 Å². The number of carbonyl (C=O) groups excluding carboxylic acids is 1. The summed E-state index contributed by atoms with van der Waals surface area (Å²) >= 11 is 0. The summed E-state index contributed by atoms with van der Waals surface area (Å²) in [5.41, 5.74) is 1.28. The summed E-state index contributed by atoms with van der Waals surface area (Å²) in [5, 5.41) is 2.99. The zero-order chi connectivity index (χ0) is 11.2. The van der Waals surface area contributed by atoms with Gasteiger partial charge in [0.25, 0.3) is 0 Å². The lowest BCUT2D eigenvalue weighted by Crippen LogP contribution is -2.29. The van der Waals surface area contributed by atoms with Gasteiger partial charge in [-0.15, -0.1) is 0 Å². The molecule has 16 heavy (non-hydrogen) atoms. The second-order valence-electron chi connectivity index (χ2n) is 4.59. The lowest BCUT2D eigenvalue weighted by atomic mass is 9.83. The van der Waals surface area contributed by atoms with Crippen LogP contribution in [0.2, 0.25) is 0 Å². The molecular formula is C14H19NO. The molecule has 86 valence electrons. The SMILES string of the molecule is O=C(CC1CCC1)NCCc1ccccc1. The van der Waals surface area contributed by atoms with Crippen LogP contribution in [0.5, 0.6) is 0 Å². The van der Waals surface area contributed by atoms with Gasteiger partial charge in [-0.1, -0.05) is 36.8 Å². The average molecular weight is 217 g/mol. The second kappa shape index (κ2) is 5.69. The first-order chi connectivity index (χ1) is 7.84. The second-order valence-corrected chi connectivity index (χ2v) is 4.59. The Kier molecular flexibility index (Phi) is 3.97. The van der Waals surface area contributed by atoms with Crippen molar-refractivity contribution in [1.29, 1.82) is 0 Å². The van der Waals surface area contributed by atoms with Crippen LogP contribution in [0.3, 0.4) is 0 Å². The highest BCUT2D eigenvalue weighted by molar-refractivity contribution is 5.76. The van der Waals surface area contributed by atoms with Crippen molar-refractivity contribution >= 4 is 5.91 Å². The molecular weight excluding hydrogens is 198 g/mol. The largest absolute Gasteiger partial charge is 0.356 e. The standard InChI is InChI=1S/C14H19NO/c16-14(11-13-7-4-8-13)15-10-9-12-5-2-1-3-6-12/h1-3,5-6,13H,4,7-11H2,(H,15,16). The third kappa shape index (κ3) is 3.37. The quantitative estimate of drug-likeness (QED) is 0.806. The van der Waals surface area contributed by atoms with Gasteiger partial charge in [0.2, 0.25) is 5.91 Å². The molecule has 1 amide bonds. The highest BCUT2D eigenvalue weighted by atomic mass is 16.1. The van der Waals surface area contributed by atoms with E-state index in [2.05, 4.69) is 17.4 Å². The van der Waals surface area contributed by atoms with Crippen molar-refractivity contribution in [1.82, 2.24) is 5.32 Å². The van der Waals surface area contributed by atoms with E-state index in [1.807, 2.05) is 18.2 Å². The van der Waals surface area contributed by atoms with E-state index in [1.54, 1.807) is 0 Å². The summed E-state index contributed by atoms with van der Waals surface area (Å²) in [4.78, 5) is 11.5. The summed E-state index contributed by atoms with van der Waals surface area (Å²) in [6.45, 7) is 0.759. The number of rotatable bonds is 5. The molecule has 1 aromatic carbocycles. The van der Waals surface area contributed by atoms with Crippen molar-refractivity contribution in [2.45, 2.75) is 32.1 Å². The molecule has 1 N–H and O–H groups in total. The van der Waals surface area contributed by atoms with Crippen LogP contribution in [-0.2, 0) is 11.2 Å². The molecule has 2 nitrogen and oxygen atoms in total. The van der Waals surface area contributed by atoms with Gasteiger partial charge >= 0.3 is 0 Å². The first-order valence-electron chi connectivity index (χ1n) is 6.15. The maximum absolute atomic E-state index is 11.5. The van der Waals surface area contributed by atoms with Gasteiger partial charge < -0.3 is 5.32 Å². The van der Waals surface area contributed by atoms with Crippen LogP contribution < -0.4 is 5.32 Å². The normalized spacial score (nSPS) is 15.5. The molecule has 0 aliphatic heterocycles. The number of amides is 1. The van der Waals surface area contributed by atoms with Crippen LogP contribution in [0.1, 0.15) is 31.2 Å². The Labute approximate surface area is 97.1 Å². The molecule has 0 heterocycles. The summed E-state index contributed by atoms with van der Waals surface area (Å²) in [6.07, 6.45) is 5.45.